The zero-order valence-electron chi connectivity index (χ0n) is 20.6. The Bertz CT molecular complexity index is 768. The van der Waals surface area contributed by atoms with Gasteiger partial charge in [0.25, 0.3) is 0 Å². The summed E-state index contributed by atoms with van der Waals surface area (Å²) in [7, 11) is 0. The molecule has 1 saturated heterocycles. The van der Waals surface area contributed by atoms with Crippen LogP contribution in [0.5, 0.6) is 0 Å². The summed E-state index contributed by atoms with van der Waals surface area (Å²) in [6.45, 7) is 2.99. The van der Waals surface area contributed by atoms with Crippen LogP contribution in [0.4, 0.5) is 0 Å². The van der Waals surface area contributed by atoms with Crippen LogP contribution in [0, 0.1) is 17.8 Å². The summed E-state index contributed by atoms with van der Waals surface area (Å²) in [6, 6.07) is 10.5. The molecule has 34 heavy (non-hydrogen) atoms. The van der Waals surface area contributed by atoms with Crippen LogP contribution in [0.1, 0.15) is 70.3 Å². The van der Waals surface area contributed by atoms with Crippen molar-refractivity contribution in [3.8, 4) is 0 Å². The summed E-state index contributed by atoms with van der Waals surface area (Å²) in [4.78, 5) is 10.7. The Morgan fingerprint density at radius 1 is 1.24 bits per heavy atom. The van der Waals surface area contributed by atoms with Crippen LogP contribution in [0.15, 0.2) is 54.6 Å². The zero-order chi connectivity index (χ0) is 24.2. The third kappa shape index (κ3) is 9.01. The van der Waals surface area contributed by atoms with E-state index in [0.29, 0.717) is 18.3 Å². The van der Waals surface area contributed by atoms with Crippen LogP contribution in [-0.4, -0.2) is 41.3 Å². The van der Waals surface area contributed by atoms with Crippen molar-refractivity contribution in [1.29, 1.82) is 0 Å². The van der Waals surface area contributed by atoms with Crippen molar-refractivity contribution in [2.45, 2.75) is 89.6 Å². The minimum atomic E-state index is -0.749. The molecule has 1 aliphatic carbocycles. The number of carboxylic acids is 1. The molecule has 1 unspecified atom stereocenters. The Morgan fingerprint density at radius 3 is 2.79 bits per heavy atom. The van der Waals surface area contributed by atoms with Gasteiger partial charge in [0.05, 0.1) is 12.2 Å². The summed E-state index contributed by atoms with van der Waals surface area (Å²) in [5.41, 5.74) is 1.31. The minimum absolute atomic E-state index is 0.0135. The number of ether oxygens (including phenoxy) is 2. The Hall–Kier alpha value is -1.95. The molecule has 0 radical (unpaired) electrons. The minimum Gasteiger partial charge on any atom is -0.481 e. The monoisotopic (exact) mass is 470 g/mol. The number of aliphatic carboxylic acids is 1. The molecule has 0 aromatic heterocycles. The predicted molar refractivity (Wildman–Crippen MR) is 134 cm³/mol. The number of benzene rings is 1. The standard InChI is InChI=1S/C29H42O5/c1-22-21-27(30)26(13-7-2-3-8-14-28(31)32)25(22)19-18-24(34-29-15-9-10-20-33-29)17-16-23-11-5-4-6-12-23/h2,4-7,11-12,18-19,22,24-27,29-30H,3,8-10,13-17,20-21H2,1H3,(H,31,32)/b7-2?,19-18+/t22-,24+,25+,26-,27+,29?/m1/s1. The van der Waals surface area contributed by atoms with Crippen molar-refractivity contribution >= 4 is 5.97 Å². The average molecular weight is 471 g/mol. The van der Waals surface area contributed by atoms with Crippen molar-refractivity contribution in [2.75, 3.05) is 6.61 Å². The topological polar surface area (TPSA) is 76.0 Å². The predicted octanol–water partition coefficient (Wildman–Crippen LogP) is 5.92. The van der Waals surface area contributed by atoms with E-state index in [1.807, 2.05) is 6.07 Å². The summed E-state index contributed by atoms with van der Waals surface area (Å²) < 4.78 is 12.2. The van der Waals surface area contributed by atoms with E-state index in [9.17, 15) is 9.90 Å². The highest BCUT2D eigenvalue weighted by Gasteiger charge is 2.38. The van der Waals surface area contributed by atoms with E-state index in [1.165, 1.54) is 5.56 Å². The first-order chi connectivity index (χ1) is 16.5. The normalized spacial score (nSPS) is 28.6. The van der Waals surface area contributed by atoms with Crippen LogP contribution in [0.3, 0.4) is 0 Å². The van der Waals surface area contributed by atoms with Gasteiger partial charge in [0, 0.05) is 13.0 Å². The van der Waals surface area contributed by atoms with Crippen LogP contribution in [0.25, 0.3) is 0 Å². The summed E-state index contributed by atoms with van der Waals surface area (Å²) in [5.74, 6) is 0.148. The molecule has 0 amide bonds. The Kier molecular flexibility index (Phi) is 11.3. The maximum atomic E-state index is 10.7. The van der Waals surface area contributed by atoms with Gasteiger partial charge in [-0.1, -0.05) is 61.6 Å². The number of unbranched alkanes of at least 4 members (excludes halogenated alkanes) is 1. The molecule has 188 valence electrons. The van der Waals surface area contributed by atoms with Gasteiger partial charge >= 0.3 is 5.97 Å². The molecule has 2 N–H and O–H groups in total. The van der Waals surface area contributed by atoms with Gasteiger partial charge in [0.1, 0.15) is 0 Å². The van der Waals surface area contributed by atoms with E-state index in [2.05, 4.69) is 55.5 Å². The lowest BCUT2D eigenvalue weighted by Crippen LogP contribution is -2.27. The molecule has 1 saturated carbocycles. The van der Waals surface area contributed by atoms with Gasteiger partial charge in [-0.2, -0.15) is 0 Å². The Labute approximate surface area is 204 Å². The third-order valence-corrected chi connectivity index (χ3v) is 7.17. The van der Waals surface area contributed by atoms with Crippen LogP contribution in [-0.2, 0) is 20.7 Å². The van der Waals surface area contributed by atoms with E-state index in [-0.39, 0.29) is 30.8 Å². The number of aliphatic hydroxyl groups excluding tert-OH is 1. The van der Waals surface area contributed by atoms with Gasteiger partial charge in [0.15, 0.2) is 6.29 Å². The van der Waals surface area contributed by atoms with Gasteiger partial charge in [-0.15, -0.1) is 0 Å². The number of rotatable bonds is 13. The molecule has 1 aliphatic heterocycles. The second kappa shape index (κ2) is 14.4. The van der Waals surface area contributed by atoms with Gasteiger partial charge in [-0.05, 0) is 81.1 Å². The molecule has 1 heterocycles. The van der Waals surface area contributed by atoms with Gasteiger partial charge in [-0.3, -0.25) is 4.79 Å². The SMILES string of the molecule is C[C@@H]1C[C@H](O)[C@H](CC=CCCCC(=O)O)[C@H]1/C=C/[C@H](CCc1ccccc1)OC1CCCCO1. The van der Waals surface area contributed by atoms with Crippen LogP contribution in [0.2, 0.25) is 0 Å². The number of allylic oxidation sites excluding steroid dienone is 3. The van der Waals surface area contributed by atoms with Crippen molar-refractivity contribution in [3.63, 3.8) is 0 Å². The number of hydrogen-bond donors (Lipinski definition) is 2. The summed E-state index contributed by atoms with van der Waals surface area (Å²) in [5, 5.41) is 19.5. The number of carbonyl (C=O) groups is 1. The lowest BCUT2D eigenvalue weighted by molar-refractivity contribution is -0.179. The van der Waals surface area contributed by atoms with E-state index >= 15 is 0 Å². The van der Waals surface area contributed by atoms with E-state index in [4.69, 9.17) is 14.6 Å². The highest BCUT2D eigenvalue weighted by atomic mass is 16.7. The third-order valence-electron chi connectivity index (χ3n) is 7.17. The molecule has 5 nitrogen and oxygen atoms in total. The molecule has 0 bridgehead atoms. The summed E-state index contributed by atoms with van der Waals surface area (Å²) >= 11 is 0. The largest absolute Gasteiger partial charge is 0.481 e. The van der Waals surface area contributed by atoms with Crippen molar-refractivity contribution in [2.24, 2.45) is 17.8 Å². The van der Waals surface area contributed by atoms with Crippen LogP contribution >= 0.6 is 0 Å². The van der Waals surface area contributed by atoms with E-state index in [0.717, 1.165) is 58.0 Å². The Balaban J connectivity index is 1.60. The smallest absolute Gasteiger partial charge is 0.303 e. The quantitative estimate of drug-likeness (QED) is 0.276. The lowest BCUT2D eigenvalue weighted by Gasteiger charge is -2.27. The Morgan fingerprint density at radius 2 is 2.06 bits per heavy atom. The molecule has 0 spiro atoms. The average Bonchev–Trinajstić information content (AvgIpc) is 3.11. The van der Waals surface area contributed by atoms with Gasteiger partial charge in [0.2, 0.25) is 0 Å². The first kappa shape index (κ1) is 26.7. The van der Waals surface area contributed by atoms with Gasteiger partial charge < -0.3 is 19.7 Å². The second-order valence-electron chi connectivity index (χ2n) is 9.89. The first-order valence-corrected chi connectivity index (χ1v) is 13.1. The fraction of sp³-hybridized carbons (Fsp3) is 0.621. The second-order valence-corrected chi connectivity index (χ2v) is 9.89. The highest BCUT2D eigenvalue weighted by molar-refractivity contribution is 5.66. The van der Waals surface area contributed by atoms with E-state index < -0.39 is 5.97 Å². The number of carboxylic acid groups (broad SMARTS) is 1. The molecule has 6 atom stereocenters. The number of hydrogen-bond acceptors (Lipinski definition) is 4. The maximum Gasteiger partial charge on any atom is 0.303 e. The lowest BCUT2D eigenvalue weighted by atomic mass is 9.86. The molecule has 1 aromatic rings. The first-order valence-electron chi connectivity index (χ1n) is 13.1. The molecule has 3 rings (SSSR count). The van der Waals surface area contributed by atoms with Crippen molar-refractivity contribution in [3.05, 3.63) is 60.2 Å². The molecular weight excluding hydrogens is 428 g/mol. The highest BCUT2D eigenvalue weighted by Crippen LogP contribution is 2.40. The molecule has 2 fully saturated rings. The molecule has 5 heteroatoms. The zero-order valence-corrected chi connectivity index (χ0v) is 20.6. The number of aliphatic hydroxyl groups is 1. The van der Waals surface area contributed by atoms with Crippen molar-refractivity contribution < 1.29 is 24.5 Å². The fourth-order valence-corrected chi connectivity index (χ4v) is 5.21. The maximum absolute atomic E-state index is 10.7. The van der Waals surface area contributed by atoms with Gasteiger partial charge in [-0.25, -0.2) is 0 Å². The van der Waals surface area contributed by atoms with E-state index in [1.54, 1.807) is 0 Å². The molecule has 2 aliphatic rings. The van der Waals surface area contributed by atoms with Crippen molar-refractivity contribution in [1.82, 2.24) is 0 Å². The van der Waals surface area contributed by atoms with Crippen LogP contribution < -0.4 is 0 Å². The molecular formula is C29H42O5. The fourth-order valence-electron chi connectivity index (χ4n) is 5.21. The number of aryl methyl sites for hydroxylation is 1. The summed E-state index contributed by atoms with van der Waals surface area (Å²) in [6.07, 6.45) is 16.5. The molecule has 1 aromatic carbocycles.